The highest BCUT2D eigenvalue weighted by molar-refractivity contribution is 5.92. The maximum absolute atomic E-state index is 13.4. The quantitative estimate of drug-likeness (QED) is 0.0999. The highest BCUT2D eigenvalue weighted by atomic mass is 16.6. The lowest BCUT2D eigenvalue weighted by Crippen LogP contribution is -2.15. The number of nitrogens with one attached hydrogen (secondary N) is 2. The number of ether oxygens (including phenoxy) is 1. The van der Waals surface area contributed by atoms with Crippen LogP contribution in [0.4, 0.5) is 11.4 Å². The Hall–Kier alpha value is -6.23. The van der Waals surface area contributed by atoms with Gasteiger partial charge in [-0.15, -0.1) is 0 Å². The van der Waals surface area contributed by atoms with Crippen LogP contribution in [0.3, 0.4) is 0 Å². The van der Waals surface area contributed by atoms with Crippen molar-refractivity contribution in [2.24, 2.45) is 0 Å². The van der Waals surface area contributed by atoms with Gasteiger partial charge in [0, 0.05) is 75.3 Å². The minimum Gasteiger partial charge on any atom is -0.497 e. The highest BCUT2D eigenvalue weighted by Gasteiger charge is 2.29. The molecule has 0 aliphatic heterocycles. The van der Waals surface area contributed by atoms with Crippen LogP contribution in [0.1, 0.15) is 48.9 Å². The van der Waals surface area contributed by atoms with Gasteiger partial charge in [-0.1, -0.05) is 39.0 Å². The van der Waals surface area contributed by atoms with E-state index < -0.39 is 26.8 Å². The molecule has 3 heterocycles. The average Bonchev–Trinajstić information content (AvgIpc) is 3.68. The highest BCUT2D eigenvalue weighted by Crippen LogP contribution is 2.44. The maximum Gasteiger partial charge on any atom is 0.344 e. The van der Waals surface area contributed by atoms with Gasteiger partial charge in [0.05, 0.1) is 22.5 Å². The first-order valence-corrected chi connectivity index (χ1v) is 15.2. The summed E-state index contributed by atoms with van der Waals surface area (Å²) in [6.07, 6.45) is 3.65. The van der Waals surface area contributed by atoms with E-state index in [1.807, 2.05) is 51.4 Å². The summed E-state index contributed by atoms with van der Waals surface area (Å²) in [5, 5.41) is 25.6. The first kappa shape index (κ1) is 30.4. The van der Waals surface area contributed by atoms with Crippen LogP contribution in [0.2, 0.25) is 0 Å². The molecular formula is C37H30N4O7. The molecule has 11 heteroatoms. The van der Waals surface area contributed by atoms with Crippen molar-refractivity contribution in [1.29, 1.82) is 0 Å². The molecule has 7 aromatic rings. The number of nitro benzene ring substituents is 2. The Morgan fingerprint density at radius 3 is 1.83 bits per heavy atom. The van der Waals surface area contributed by atoms with Crippen LogP contribution in [-0.2, 0) is 5.41 Å². The second-order valence-corrected chi connectivity index (χ2v) is 12.8. The summed E-state index contributed by atoms with van der Waals surface area (Å²) >= 11 is 0. The smallest absolute Gasteiger partial charge is 0.344 e. The van der Waals surface area contributed by atoms with Gasteiger partial charge in [0.2, 0.25) is 0 Å². The standard InChI is InChI=1S/C37H30N4O7/c1-37(2,3)31-15-21(13-22-14-26(36(42)48-35(22)31)20-5-9-25(47-4)10-6-20)34(29-18-38-32-11-7-23(40(43)44)16-27(29)32)30-19-39-33-12-8-24(41(45)46)17-28(30)33/h5-19,34,38-39H,1-4H3. The zero-order valence-corrected chi connectivity index (χ0v) is 26.5. The molecule has 4 aromatic carbocycles. The molecule has 7 rings (SSSR count). The Bertz CT molecular complexity index is 2370. The fourth-order valence-electron chi connectivity index (χ4n) is 6.45. The summed E-state index contributed by atoms with van der Waals surface area (Å²) in [6, 6.07) is 22.2. The van der Waals surface area contributed by atoms with Crippen LogP contribution in [0, 0.1) is 20.2 Å². The number of hydrogen-bond acceptors (Lipinski definition) is 7. The van der Waals surface area contributed by atoms with E-state index in [0.717, 1.165) is 22.3 Å². The van der Waals surface area contributed by atoms with Crippen molar-refractivity contribution in [2.45, 2.75) is 32.1 Å². The van der Waals surface area contributed by atoms with Crippen molar-refractivity contribution < 1.29 is 19.0 Å². The van der Waals surface area contributed by atoms with Crippen molar-refractivity contribution in [3.63, 3.8) is 0 Å². The van der Waals surface area contributed by atoms with E-state index >= 15 is 0 Å². The molecule has 0 saturated carbocycles. The lowest BCUT2D eigenvalue weighted by molar-refractivity contribution is -0.384. The largest absolute Gasteiger partial charge is 0.497 e. The molecule has 0 fully saturated rings. The lowest BCUT2D eigenvalue weighted by atomic mass is 9.79. The molecule has 0 saturated heterocycles. The topological polar surface area (TPSA) is 157 Å². The summed E-state index contributed by atoms with van der Waals surface area (Å²) in [4.78, 5) is 42.7. The number of methoxy groups -OCH3 is 1. The van der Waals surface area contributed by atoms with E-state index in [4.69, 9.17) is 9.15 Å². The van der Waals surface area contributed by atoms with Gasteiger partial charge in [0.1, 0.15) is 11.3 Å². The normalized spacial score (nSPS) is 11.9. The number of hydrogen-bond donors (Lipinski definition) is 2. The number of non-ortho nitro benzene ring substituents is 2. The molecule has 240 valence electrons. The van der Waals surface area contributed by atoms with Gasteiger partial charge in [0.25, 0.3) is 11.4 Å². The zero-order chi connectivity index (χ0) is 33.9. The Morgan fingerprint density at radius 2 is 1.33 bits per heavy atom. The van der Waals surface area contributed by atoms with Gasteiger partial charge >= 0.3 is 5.63 Å². The van der Waals surface area contributed by atoms with E-state index in [9.17, 15) is 25.0 Å². The molecule has 0 unspecified atom stereocenters. The molecule has 0 atom stereocenters. The second-order valence-electron chi connectivity index (χ2n) is 12.8. The monoisotopic (exact) mass is 642 g/mol. The van der Waals surface area contributed by atoms with Crippen molar-refractivity contribution in [2.75, 3.05) is 7.11 Å². The van der Waals surface area contributed by atoms with E-state index in [0.29, 0.717) is 49.7 Å². The Morgan fingerprint density at radius 1 is 0.771 bits per heavy atom. The summed E-state index contributed by atoms with van der Waals surface area (Å²) in [6.45, 7) is 6.09. The SMILES string of the molecule is COc1ccc(-c2cc3cc(C(c4c[nH]c5ccc([N+](=O)[O-])cc45)c4c[nH]c5ccc([N+](=O)[O-])cc45)cc(C(C)(C)C)c3oc2=O)cc1. The molecule has 3 aromatic heterocycles. The summed E-state index contributed by atoms with van der Waals surface area (Å²) in [5.74, 6) is 0.111. The van der Waals surface area contributed by atoms with Crippen LogP contribution < -0.4 is 10.4 Å². The van der Waals surface area contributed by atoms with Crippen molar-refractivity contribution in [3.8, 4) is 16.9 Å². The second kappa shape index (κ2) is 11.2. The Labute approximate surface area is 273 Å². The van der Waals surface area contributed by atoms with Crippen molar-refractivity contribution >= 4 is 44.1 Å². The van der Waals surface area contributed by atoms with Crippen LogP contribution in [0.5, 0.6) is 5.75 Å². The summed E-state index contributed by atoms with van der Waals surface area (Å²) in [7, 11) is 1.57. The minimum absolute atomic E-state index is 0.0588. The van der Waals surface area contributed by atoms with Crippen LogP contribution in [-0.4, -0.2) is 26.9 Å². The van der Waals surface area contributed by atoms with Gasteiger partial charge in [-0.3, -0.25) is 20.2 Å². The van der Waals surface area contributed by atoms with Gasteiger partial charge in [0.15, 0.2) is 0 Å². The first-order chi connectivity index (χ1) is 22.9. The van der Waals surface area contributed by atoms with E-state index in [2.05, 4.69) is 9.97 Å². The minimum atomic E-state index is -0.543. The van der Waals surface area contributed by atoms with E-state index in [-0.39, 0.29) is 11.4 Å². The van der Waals surface area contributed by atoms with Crippen LogP contribution in [0.15, 0.2) is 100 Å². The van der Waals surface area contributed by atoms with Crippen LogP contribution in [0.25, 0.3) is 43.9 Å². The molecule has 48 heavy (non-hydrogen) atoms. The molecular weight excluding hydrogens is 612 g/mol. The Kier molecular flexibility index (Phi) is 7.12. The van der Waals surface area contributed by atoms with E-state index in [1.165, 1.54) is 24.3 Å². The molecule has 2 N–H and O–H groups in total. The van der Waals surface area contributed by atoms with Crippen LogP contribution >= 0.6 is 0 Å². The molecule has 0 aliphatic rings. The first-order valence-electron chi connectivity index (χ1n) is 15.2. The third-order valence-corrected chi connectivity index (χ3v) is 8.84. The van der Waals surface area contributed by atoms with Crippen molar-refractivity contribution in [3.05, 3.63) is 144 Å². The number of rotatable bonds is 7. The molecule has 11 nitrogen and oxygen atoms in total. The predicted molar refractivity (Wildman–Crippen MR) is 184 cm³/mol. The number of benzene rings is 4. The molecule has 0 aliphatic carbocycles. The number of nitro groups is 2. The molecule has 0 spiro atoms. The Balaban J connectivity index is 1.55. The number of aromatic amines is 2. The van der Waals surface area contributed by atoms with Crippen molar-refractivity contribution in [1.82, 2.24) is 9.97 Å². The predicted octanol–water partition coefficient (Wildman–Crippen LogP) is 8.73. The third kappa shape index (κ3) is 5.15. The summed E-state index contributed by atoms with van der Waals surface area (Å²) < 4.78 is 11.3. The van der Waals surface area contributed by atoms with Gasteiger partial charge in [-0.2, -0.15) is 0 Å². The molecule has 0 radical (unpaired) electrons. The maximum atomic E-state index is 13.4. The van der Waals surface area contributed by atoms with Gasteiger partial charge in [-0.25, -0.2) is 4.79 Å². The fraction of sp³-hybridized carbons (Fsp3) is 0.162. The number of nitrogens with zero attached hydrogens (tertiary/aromatic N) is 2. The van der Waals surface area contributed by atoms with Gasteiger partial charge in [-0.05, 0) is 64.1 Å². The summed E-state index contributed by atoms with van der Waals surface area (Å²) in [5.41, 5.74) is 4.93. The molecule has 0 bridgehead atoms. The van der Waals surface area contributed by atoms with E-state index in [1.54, 1.807) is 43.5 Å². The zero-order valence-electron chi connectivity index (χ0n) is 26.5. The number of aromatic nitrogens is 2. The fourth-order valence-corrected chi connectivity index (χ4v) is 6.45. The number of H-pyrrole nitrogens is 2. The molecule has 0 amide bonds. The average molecular weight is 643 g/mol. The number of fused-ring (bicyclic) bond motifs is 3. The lowest BCUT2D eigenvalue weighted by Gasteiger charge is -2.25. The third-order valence-electron chi connectivity index (χ3n) is 8.84. The van der Waals surface area contributed by atoms with Gasteiger partial charge < -0.3 is 19.1 Å².